The molecule has 0 saturated heterocycles. The summed E-state index contributed by atoms with van der Waals surface area (Å²) in [5.41, 5.74) is 7.60. The third-order valence-corrected chi connectivity index (χ3v) is 3.94. The molecule has 14 heavy (non-hydrogen) atoms. The highest BCUT2D eigenvalue weighted by atomic mass is 79.9. The van der Waals surface area contributed by atoms with Crippen molar-refractivity contribution in [2.24, 2.45) is 0 Å². The second-order valence-electron chi connectivity index (χ2n) is 2.98. The van der Waals surface area contributed by atoms with E-state index in [1.807, 2.05) is 17.5 Å². The van der Waals surface area contributed by atoms with Crippen LogP contribution in [0, 0.1) is 11.3 Å². The predicted octanol–water partition coefficient (Wildman–Crippen LogP) is 3.31. The lowest BCUT2D eigenvalue weighted by atomic mass is 10.1. The van der Waals surface area contributed by atoms with E-state index in [-0.39, 0.29) is 0 Å². The molecule has 70 valence electrons. The number of nitrogens with zero attached hydrogens (tertiary/aromatic N) is 1. The molecule has 0 radical (unpaired) electrons. The van der Waals surface area contributed by atoms with Gasteiger partial charge in [0.1, 0.15) is 0 Å². The van der Waals surface area contributed by atoms with Crippen LogP contribution in [0.4, 0.5) is 5.69 Å². The molecule has 2 aromatic rings. The minimum absolute atomic E-state index is 0.420. The van der Waals surface area contributed by atoms with E-state index in [1.165, 1.54) is 0 Å². The number of fused-ring (bicyclic) bond motifs is 1. The fourth-order valence-corrected chi connectivity index (χ4v) is 3.00. The smallest absolute Gasteiger partial charge is 0.0669 e. The molecule has 1 aromatic carbocycles. The molecule has 0 fully saturated rings. The van der Waals surface area contributed by atoms with Crippen LogP contribution in [0.25, 0.3) is 10.1 Å². The first-order chi connectivity index (χ1) is 6.72. The van der Waals surface area contributed by atoms with Crippen LogP contribution in [0.15, 0.2) is 22.0 Å². The monoisotopic (exact) mass is 266 g/mol. The van der Waals surface area contributed by atoms with Crippen molar-refractivity contribution in [3.63, 3.8) is 0 Å². The number of nitrogen functional groups attached to an aromatic ring is 1. The normalized spacial score (nSPS) is 10.3. The van der Waals surface area contributed by atoms with Crippen LogP contribution in [0.5, 0.6) is 0 Å². The molecule has 4 heteroatoms. The van der Waals surface area contributed by atoms with E-state index in [0.717, 1.165) is 25.8 Å². The van der Waals surface area contributed by atoms with Gasteiger partial charge < -0.3 is 5.73 Å². The second-order valence-corrected chi connectivity index (χ2v) is 4.71. The lowest BCUT2D eigenvalue weighted by molar-refractivity contribution is 1.27. The molecule has 0 saturated carbocycles. The molecule has 0 aliphatic carbocycles. The van der Waals surface area contributed by atoms with Gasteiger partial charge in [-0.05, 0) is 33.6 Å². The van der Waals surface area contributed by atoms with Crippen LogP contribution >= 0.6 is 27.3 Å². The van der Waals surface area contributed by atoms with Crippen molar-refractivity contribution >= 4 is 43.0 Å². The van der Waals surface area contributed by atoms with Gasteiger partial charge in [-0.3, -0.25) is 0 Å². The summed E-state index contributed by atoms with van der Waals surface area (Å²) >= 11 is 5.09. The number of nitriles is 1. The fraction of sp³-hybridized carbons (Fsp3) is 0.100. The van der Waals surface area contributed by atoms with Crippen LogP contribution in [0.2, 0.25) is 0 Å². The quantitative estimate of drug-likeness (QED) is 0.861. The number of halogens is 1. The number of anilines is 1. The molecule has 0 amide bonds. The number of hydrogen-bond acceptors (Lipinski definition) is 3. The van der Waals surface area contributed by atoms with Crippen molar-refractivity contribution < 1.29 is 0 Å². The minimum Gasteiger partial charge on any atom is -0.398 e. The average molecular weight is 267 g/mol. The van der Waals surface area contributed by atoms with Gasteiger partial charge in [-0.1, -0.05) is 0 Å². The van der Waals surface area contributed by atoms with Crippen molar-refractivity contribution in [2.75, 3.05) is 5.73 Å². The van der Waals surface area contributed by atoms with Crippen molar-refractivity contribution in [3.8, 4) is 6.07 Å². The molecule has 0 aliphatic heterocycles. The second kappa shape index (κ2) is 3.60. The van der Waals surface area contributed by atoms with E-state index < -0.39 is 0 Å². The highest BCUT2D eigenvalue weighted by Gasteiger charge is 2.06. The van der Waals surface area contributed by atoms with Crippen LogP contribution in [-0.2, 0) is 6.42 Å². The molecule has 0 aliphatic rings. The minimum atomic E-state index is 0.420. The molecular weight excluding hydrogens is 260 g/mol. The topological polar surface area (TPSA) is 49.8 Å². The fourth-order valence-electron chi connectivity index (χ4n) is 1.36. The van der Waals surface area contributed by atoms with E-state index in [9.17, 15) is 0 Å². The van der Waals surface area contributed by atoms with Crippen LogP contribution in [0.3, 0.4) is 0 Å². The lowest BCUT2D eigenvalue weighted by Gasteiger charge is -1.99. The zero-order valence-corrected chi connectivity index (χ0v) is 9.65. The molecule has 0 spiro atoms. The predicted molar refractivity (Wildman–Crippen MR) is 63.3 cm³/mol. The van der Waals surface area contributed by atoms with Crippen molar-refractivity contribution in [1.29, 1.82) is 5.26 Å². The van der Waals surface area contributed by atoms with E-state index >= 15 is 0 Å². The summed E-state index contributed by atoms with van der Waals surface area (Å²) in [5.74, 6) is 0. The highest BCUT2D eigenvalue weighted by Crippen LogP contribution is 2.35. The Balaban J connectivity index is 2.70. The SMILES string of the molecule is N#CCc1cc(Br)c2scc(N)c2c1. The third kappa shape index (κ3) is 1.49. The average Bonchev–Trinajstić information content (AvgIpc) is 2.49. The van der Waals surface area contributed by atoms with Crippen molar-refractivity contribution in [2.45, 2.75) is 6.42 Å². The maximum atomic E-state index is 8.61. The van der Waals surface area contributed by atoms with E-state index in [2.05, 4.69) is 22.0 Å². The molecule has 2 rings (SSSR count). The Morgan fingerprint density at radius 2 is 2.29 bits per heavy atom. The molecule has 1 aromatic heterocycles. The number of rotatable bonds is 1. The molecule has 2 nitrogen and oxygen atoms in total. The Morgan fingerprint density at radius 3 is 3.00 bits per heavy atom. The summed E-state index contributed by atoms with van der Waals surface area (Å²) in [6.07, 6.45) is 0.420. The summed E-state index contributed by atoms with van der Waals surface area (Å²) in [7, 11) is 0. The van der Waals surface area contributed by atoms with Gasteiger partial charge in [0, 0.05) is 15.2 Å². The molecule has 0 atom stereocenters. The van der Waals surface area contributed by atoms with Crippen LogP contribution in [0.1, 0.15) is 5.56 Å². The van der Waals surface area contributed by atoms with Gasteiger partial charge >= 0.3 is 0 Å². The van der Waals surface area contributed by atoms with Gasteiger partial charge in [0.05, 0.1) is 22.9 Å². The first kappa shape index (κ1) is 9.50. The number of benzene rings is 1. The standard InChI is InChI=1S/C10H7BrN2S/c11-8-4-6(1-2-12)3-7-9(13)5-14-10(7)8/h3-5H,1,13H2. The van der Waals surface area contributed by atoms with Gasteiger partial charge in [0.25, 0.3) is 0 Å². The molecular formula is C10H7BrN2S. The maximum Gasteiger partial charge on any atom is 0.0669 e. The zero-order chi connectivity index (χ0) is 10.1. The Labute approximate surface area is 94.1 Å². The highest BCUT2D eigenvalue weighted by molar-refractivity contribution is 9.10. The summed E-state index contributed by atoms with van der Waals surface area (Å²) in [6.45, 7) is 0. The van der Waals surface area contributed by atoms with Crippen LogP contribution < -0.4 is 5.73 Å². The maximum absolute atomic E-state index is 8.61. The van der Waals surface area contributed by atoms with Gasteiger partial charge in [-0.15, -0.1) is 11.3 Å². The molecule has 0 unspecified atom stereocenters. The van der Waals surface area contributed by atoms with E-state index in [1.54, 1.807) is 11.3 Å². The Kier molecular flexibility index (Phi) is 2.44. The lowest BCUT2D eigenvalue weighted by Crippen LogP contribution is -1.85. The van der Waals surface area contributed by atoms with E-state index in [0.29, 0.717) is 6.42 Å². The third-order valence-electron chi connectivity index (χ3n) is 2.00. The molecule has 1 heterocycles. The Morgan fingerprint density at radius 1 is 1.50 bits per heavy atom. The summed E-state index contributed by atoms with van der Waals surface area (Å²) in [4.78, 5) is 0. The summed E-state index contributed by atoms with van der Waals surface area (Å²) in [5, 5.41) is 11.6. The Hall–Kier alpha value is -1.05. The summed E-state index contributed by atoms with van der Waals surface area (Å²) < 4.78 is 2.16. The summed E-state index contributed by atoms with van der Waals surface area (Å²) in [6, 6.07) is 6.08. The number of nitrogens with two attached hydrogens (primary N) is 1. The van der Waals surface area contributed by atoms with Crippen LogP contribution in [-0.4, -0.2) is 0 Å². The van der Waals surface area contributed by atoms with Gasteiger partial charge in [-0.25, -0.2) is 0 Å². The number of thiophene rings is 1. The molecule has 0 bridgehead atoms. The van der Waals surface area contributed by atoms with Gasteiger partial charge in [-0.2, -0.15) is 5.26 Å². The van der Waals surface area contributed by atoms with E-state index in [4.69, 9.17) is 11.0 Å². The Bertz CT molecular complexity index is 525. The van der Waals surface area contributed by atoms with Crippen molar-refractivity contribution in [3.05, 3.63) is 27.5 Å². The first-order valence-electron chi connectivity index (χ1n) is 4.04. The van der Waals surface area contributed by atoms with Gasteiger partial charge in [0.2, 0.25) is 0 Å². The molecule has 2 N–H and O–H groups in total. The van der Waals surface area contributed by atoms with Crippen molar-refractivity contribution in [1.82, 2.24) is 0 Å². The zero-order valence-electron chi connectivity index (χ0n) is 7.25. The number of hydrogen-bond donors (Lipinski definition) is 1. The van der Waals surface area contributed by atoms with Gasteiger partial charge in [0.15, 0.2) is 0 Å². The largest absolute Gasteiger partial charge is 0.398 e. The first-order valence-corrected chi connectivity index (χ1v) is 5.71.